The summed E-state index contributed by atoms with van der Waals surface area (Å²) in [4.78, 5) is 34.9. The van der Waals surface area contributed by atoms with Gasteiger partial charge in [-0.2, -0.15) is 0 Å². The lowest BCUT2D eigenvalue weighted by atomic mass is 9.85. The normalized spacial score (nSPS) is 26.3. The average Bonchev–Trinajstić information content (AvgIpc) is 3.31. The second-order valence-corrected chi connectivity index (χ2v) is 7.98. The van der Waals surface area contributed by atoms with E-state index >= 15 is 0 Å². The molecule has 0 bridgehead atoms. The molecule has 2 saturated heterocycles. The second-order valence-electron chi connectivity index (χ2n) is 7.98. The minimum Gasteiger partial charge on any atom is -0.338 e. The topological polar surface area (TPSA) is 58.4 Å². The number of piperidine rings is 1. The van der Waals surface area contributed by atoms with E-state index in [1.807, 2.05) is 34.7 Å². The summed E-state index contributed by atoms with van der Waals surface area (Å²) in [7, 11) is 1.94. The third kappa shape index (κ3) is 2.20. The largest absolute Gasteiger partial charge is 0.338 e. The predicted octanol–water partition coefficient (Wildman–Crippen LogP) is 2.33. The van der Waals surface area contributed by atoms with Crippen molar-refractivity contribution in [2.45, 2.75) is 50.1 Å². The summed E-state index contributed by atoms with van der Waals surface area (Å²) >= 11 is 0. The molecule has 3 fully saturated rings. The molecule has 3 aliphatic rings. The van der Waals surface area contributed by atoms with Crippen LogP contribution in [0.4, 0.5) is 0 Å². The Hall–Kier alpha value is -2.37. The number of hydrogen-bond acceptors (Lipinski definition) is 3. The summed E-state index contributed by atoms with van der Waals surface area (Å²) in [6.07, 6.45) is 7.49. The zero-order valence-corrected chi connectivity index (χ0v) is 15.1. The van der Waals surface area contributed by atoms with E-state index in [0.29, 0.717) is 18.2 Å². The van der Waals surface area contributed by atoms with Crippen molar-refractivity contribution in [3.05, 3.63) is 30.1 Å². The number of amides is 2. The van der Waals surface area contributed by atoms with Crippen molar-refractivity contribution in [1.29, 1.82) is 0 Å². The Morgan fingerprint density at radius 1 is 1.19 bits per heavy atom. The molecule has 136 valence electrons. The van der Waals surface area contributed by atoms with Gasteiger partial charge in [0, 0.05) is 31.7 Å². The van der Waals surface area contributed by atoms with Gasteiger partial charge in [0.1, 0.15) is 5.54 Å². The van der Waals surface area contributed by atoms with Gasteiger partial charge in [0.15, 0.2) is 0 Å². The first-order valence-electron chi connectivity index (χ1n) is 9.64. The van der Waals surface area contributed by atoms with Crippen LogP contribution in [0.15, 0.2) is 24.5 Å². The number of aryl methyl sites for hydroxylation is 1. The average molecular weight is 352 g/mol. The highest BCUT2D eigenvalue weighted by atomic mass is 16.2. The molecule has 3 heterocycles. The monoisotopic (exact) mass is 352 g/mol. The Bertz CT molecular complexity index is 900. The van der Waals surface area contributed by atoms with Gasteiger partial charge in [0.05, 0.1) is 17.4 Å². The number of carbonyl (C=O) groups is 2. The first kappa shape index (κ1) is 15.9. The zero-order chi connectivity index (χ0) is 17.9. The van der Waals surface area contributed by atoms with Crippen LogP contribution in [-0.2, 0) is 11.8 Å². The molecule has 1 aromatic carbocycles. The first-order valence-corrected chi connectivity index (χ1v) is 9.64. The maximum atomic E-state index is 13.3. The summed E-state index contributed by atoms with van der Waals surface area (Å²) in [6, 6.07) is 6.08. The van der Waals surface area contributed by atoms with Crippen LogP contribution < -0.4 is 0 Å². The van der Waals surface area contributed by atoms with Crippen LogP contribution in [0.3, 0.4) is 0 Å². The number of imidazole rings is 1. The number of benzene rings is 1. The summed E-state index contributed by atoms with van der Waals surface area (Å²) in [5.74, 6) is 0.164. The van der Waals surface area contributed by atoms with Gasteiger partial charge in [0.2, 0.25) is 5.91 Å². The zero-order valence-electron chi connectivity index (χ0n) is 15.1. The maximum absolute atomic E-state index is 13.3. The molecular weight excluding hydrogens is 328 g/mol. The van der Waals surface area contributed by atoms with Gasteiger partial charge in [-0.3, -0.25) is 9.59 Å². The predicted molar refractivity (Wildman–Crippen MR) is 97.7 cm³/mol. The Morgan fingerprint density at radius 3 is 2.73 bits per heavy atom. The molecule has 2 aromatic rings. The van der Waals surface area contributed by atoms with E-state index < -0.39 is 5.54 Å². The molecule has 6 nitrogen and oxygen atoms in total. The molecular formula is C20H24N4O2. The minimum absolute atomic E-state index is 0.0268. The van der Waals surface area contributed by atoms with Gasteiger partial charge in [-0.05, 0) is 56.7 Å². The molecule has 1 saturated carbocycles. The van der Waals surface area contributed by atoms with Crippen molar-refractivity contribution in [3.8, 4) is 0 Å². The molecule has 1 aromatic heterocycles. The molecule has 26 heavy (non-hydrogen) atoms. The molecule has 2 amide bonds. The van der Waals surface area contributed by atoms with Crippen molar-refractivity contribution in [2.75, 3.05) is 13.1 Å². The first-order chi connectivity index (χ1) is 12.6. The second kappa shape index (κ2) is 5.56. The van der Waals surface area contributed by atoms with Gasteiger partial charge < -0.3 is 14.4 Å². The van der Waals surface area contributed by atoms with Gasteiger partial charge in [-0.25, -0.2) is 4.98 Å². The number of likely N-dealkylation sites (tertiary alicyclic amines) is 2. The van der Waals surface area contributed by atoms with E-state index in [9.17, 15) is 9.59 Å². The molecule has 6 heteroatoms. The smallest absolute Gasteiger partial charge is 0.254 e. The molecule has 1 spiro atoms. The quantitative estimate of drug-likeness (QED) is 0.833. The fourth-order valence-corrected chi connectivity index (χ4v) is 4.83. The lowest BCUT2D eigenvalue weighted by Crippen LogP contribution is -2.61. The van der Waals surface area contributed by atoms with Gasteiger partial charge in [-0.15, -0.1) is 0 Å². The van der Waals surface area contributed by atoms with Crippen LogP contribution in [0.2, 0.25) is 0 Å². The summed E-state index contributed by atoms with van der Waals surface area (Å²) < 4.78 is 1.94. The van der Waals surface area contributed by atoms with E-state index in [4.69, 9.17) is 0 Å². The number of rotatable bonds is 2. The third-order valence-electron chi connectivity index (χ3n) is 6.34. The van der Waals surface area contributed by atoms with Crippen LogP contribution in [0, 0.1) is 0 Å². The van der Waals surface area contributed by atoms with Crippen molar-refractivity contribution in [2.24, 2.45) is 7.05 Å². The maximum Gasteiger partial charge on any atom is 0.254 e. The molecule has 5 rings (SSSR count). The number of nitrogens with zero attached hydrogens (tertiary/aromatic N) is 4. The Labute approximate surface area is 152 Å². The number of carbonyl (C=O) groups excluding carboxylic acids is 2. The summed E-state index contributed by atoms with van der Waals surface area (Å²) in [6.45, 7) is 1.52. The van der Waals surface area contributed by atoms with E-state index in [1.165, 1.54) is 0 Å². The van der Waals surface area contributed by atoms with Crippen molar-refractivity contribution >= 4 is 22.8 Å². The van der Waals surface area contributed by atoms with Crippen LogP contribution in [0.5, 0.6) is 0 Å². The molecule has 1 aliphatic carbocycles. The number of hydrogen-bond donors (Lipinski definition) is 0. The molecule has 1 atom stereocenters. The molecule has 0 radical (unpaired) electrons. The van der Waals surface area contributed by atoms with Gasteiger partial charge in [0.25, 0.3) is 5.91 Å². The van der Waals surface area contributed by atoms with E-state index in [2.05, 4.69) is 9.88 Å². The summed E-state index contributed by atoms with van der Waals surface area (Å²) in [5.41, 5.74) is 1.85. The Balaban J connectivity index is 1.49. The van der Waals surface area contributed by atoms with Crippen LogP contribution in [0.1, 0.15) is 48.9 Å². The van der Waals surface area contributed by atoms with E-state index in [-0.39, 0.29) is 11.8 Å². The molecule has 1 unspecified atom stereocenters. The van der Waals surface area contributed by atoms with Crippen molar-refractivity contribution in [1.82, 2.24) is 19.4 Å². The SMILES string of the molecule is Cn1cnc2cc(C(=O)N3CCCC34CCCN(C3CC3)C4=O)ccc21. The Kier molecular flexibility index (Phi) is 3.39. The van der Waals surface area contributed by atoms with Crippen molar-refractivity contribution in [3.63, 3.8) is 0 Å². The van der Waals surface area contributed by atoms with Gasteiger partial charge >= 0.3 is 0 Å². The highest BCUT2D eigenvalue weighted by Gasteiger charge is 2.54. The molecule has 2 aliphatic heterocycles. The van der Waals surface area contributed by atoms with E-state index in [1.54, 1.807) is 6.33 Å². The third-order valence-corrected chi connectivity index (χ3v) is 6.34. The standard InChI is InChI=1S/C20H24N4O2/c1-22-13-21-16-12-14(4-7-17(16)22)18(25)24-11-3-9-20(24)8-2-10-23(19(20)26)15-5-6-15/h4,7,12-13,15H,2-3,5-6,8-11H2,1H3. The lowest BCUT2D eigenvalue weighted by Gasteiger charge is -2.44. The van der Waals surface area contributed by atoms with Gasteiger partial charge in [-0.1, -0.05) is 0 Å². The fourth-order valence-electron chi connectivity index (χ4n) is 4.83. The van der Waals surface area contributed by atoms with Crippen LogP contribution in [-0.4, -0.2) is 55.8 Å². The number of aromatic nitrogens is 2. The lowest BCUT2D eigenvalue weighted by molar-refractivity contribution is -0.146. The highest BCUT2D eigenvalue weighted by Crippen LogP contribution is 2.42. The van der Waals surface area contributed by atoms with Crippen LogP contribution in [0.25, 0.3) is 11.0 Å². The summed E-state index contributed by atoms with van der Waals surface area (Å²) in [5, 5.41) is 0. The Morgan fingerprint density at radius 2 is 1.96 bits per heavy atom. The number of fused-ring (bicyclic) bond motifs is 1. The fraction of sp³-hybridized carbons (Fsp3) is 0.550. The minimum atomic E-state index is -0.614. The van der Waals surface area contributed by atoms with E-state index in [0.717, 1.165) is 56.1 Å². The van der Waals surface area contributed by atoms with Crippen molar-refractivity contribution < 1.29 is 9.59 Å². The molecule has 0 N–H and O–H groups in total. The van der Waals surface area contributed by atoms with Crippen LogP contribution >= 0.6 is 0 Å². The highest BCUT2D eigenvalue weighted by molar-refractivity contribution is 6.01.